The lowest BCUT2D eigenvalue weighted by atomic mass is 10.2. The fourth-order valence-electron chi connectivity index (χ4n) is 0.701. The van der Waals surface area contributed by atoms with Gasteiger partial charge in [0.2, 0.25) is 0 Å². The SMILES string of the molecule is Cc1cc(C#N)c(F)c(Cl)n1. The maximum absolute atomic E-state index is 12.8. The number of rotatable bonds is 0. The zero-order valence-electron chi connectivity index (χ0n) is 5.73. The molecule has 1 heterocycles. The van der Waals surface area contributed by atoms with Gasteiger partial charge in [-0.25, -0.2) is 9.37 Å². The number of hydrogen-bond acceptors (Lipinski definition) is 2. The average Bonchev–Trinajstić information content (AvgIpc) is 1.96. The second-order valence-electron chi connectivity index (χ2n) is 2.03. The highest BCUT2D eigenvalue weighted by Gasteiger charge is 2.07. The van der Waals surface area contributed by atoms with Crippen LogP contribution in [0.25, 0.3) is 0 Å². The number of nitriles is 1. The molecule has 1 aromatic heterocycles. The molecular weight excluding hydrogens is 167 g/mol. The molecule has 0 fully saturated rings. The second-order valence-corrected chi connectivity index (χ2v) is 2.39. The summed E-state index contributed by atoms with van der Waals surface area (Å²) in [7, 11) is 0. The van der Waals surface area contributed by atoms with Crippen LogP contribution >= 0.6 is 11.6 Å². The molecule has 0 spiro atoms. The van der Waals surface area contributed by atoms with Crippen LogP contribution in [0.3, 0.4) is 0 Å². The molecule has 0 N–H and O–H groups in total. The van der Waals surface area contributed by atoms with Gasteiger partial charge in [-0.3, -0.25) is 0 Å². The van der Waals surface area contributed by atoms with Crippen LogP contribution in [0.15, 0.2) is 6.07 Å². The molecular formula is C7H4ClFN2. The minimum absolute atomic E-state index is 0.0671. The molecule has 0 unspecified atom stereocenters. The van der Waals surface area contributed by atoms with E-state index in [1.54, 1.807) is 13.0 Å². The van der Waals surface area contributed by atoms with Crippen LogP contribution in [0.5, 0.6) is 0 Å². The predicted octanol–water partition coefficient (Wildman–Crippen LogP) is 2.05. The van der Waals surface area contributed by atoms with Crippen LogP contribution in [0.2, 0.25) is 5.15 Å². The first-order valence-corrected chi connectivity index (χ1v) is 3.25. The Hall–Kier alpha value is -1.14. The van der Waals surface area contributed by atoms with Crippen LogP contribution in [0.1, 0.15) is 11.3 Å². The third-order valence-electron chi connectivity index (χ3n) is 1.17. The molecule has 0 bridgehead atoms. The van der Waals surface area contributed by atoms with Crippen molar-refractivity contribution in [2.75, 3.05) is 0 Å². The van der Waals surface area contributed by atoms with Crippen LogP contribution in [-0.2, 0) is 0 Å². The largest absolute Gasteiger partial charge is 0.238 e. The van der Waals surface area contributed by atoms with Crippen molar-refractivity contribution >= 4 is 11.6 Å². The van der Waals surface area contributed by atoms with Crippen molar-refractivity contribution in [3.63, 3.8) is 0 Å². The lowest BCUT2D eigenvalue weighted by molar-refractivity contribution is 0.617. The van der Waals surface area contributed by atoms with Crippen LogP contribution in [-0.4, -0.2) is 4.98 Å². The van der Waals surface area contributed by atoms with Crippen molar-refractivity contribution < 1.29 is 4.39 Å². The van der Waals surface area contributed by atoms with E-state index in [1.807, 2.05) is 0 Å². The Morgan fingerprint density at radius 3 is 2.91 bits per heavy atom. The topological polar surface area (TPSA) is 36.7 Å². The molecule has 0 aliphatic rings. The quantitative estimate of drug-likeness (QED) is 0.559. The molecule has 0 aromatic carbocycles. The first kappa shape index (κ1) is 7.96. The minimum Gasteiger partial charge on any atom is -0.238 e. The molecule has 0 radical (unpaired) electrons. The Kier molecular flexibility index (Phi) is 2.06. The van der Waals surface area contributed by atoms with Gasteiger partial charge in [-0.15, -0.1) is 0 Å². The van der Waals surface area contributed by atoms with Crippen LogP contribution < -0.4 is 0 Å². The van der Waals surface area contributed by atoms with Crippen molar-refractivity contribution in [2.45, 2.75) is 6.92 Å². The third-order valence-corrected chi connectivity index (χ3v) is 1.42. The summed E-state index contributed by atoms with van der Waals surface area (Å²) in [5, 5.41) is 8.14. The molecule has 1 aromatic rings. The highest BCUT2D eigenvalue weighted by Crippen LogP contribution is 2.15. The normalized spacial score (nSPS) is 9.27. The standard InChI is InChI=1S/C7H4ClFN2/c1-4-2-5(3-10)6(9)7(8)11-4/h2H,1H3. The van der Waals surface area contributed by atoms with Gasteiger partial charge >= 0.3 is 0 Å². The highest BCUT2D eigenvalue weighted by molar-refractivity contribution is 6.29. The fourth-order valence-corrected chi connectivity index (χ4v) is 0.936. The molecule has 0 saturated carbocycles. The first-order chi connectivity index (χ1) is 5.15. The Morgan fingerprint density at radius 2 is 2.36 bits per heavy atom. The van der Waals surface area contributed by atoms with E-state index in [0.717, 1.165) is 0 Å². The fraction of sp³-hybridized carbons (Fsp3) is 0.143. The van der Waals surface area contributed by atoms with Gasteiger partial charge in [0.05, 0.1) is 5.56 Å². The van der Waals surface area contributed by atoms with Crippen molar-refractivity contribution in [1.29, 1.82) is 5.26 Å². The van der Waals surface area contributed by atoms with Gasteiger partial charge in [0, 0.05) is 5.69 Å². The Labute approximate surface area is 68.2 Å². The molecule has 4 heteroatoms. The third kappa shape index (κ3) is 1.47. The van der Waals surface area contributed by atoms with Gasteiger partial charge in [0.1, 0.15) is 6.07 Å². The number of halogens is 2. The van der Waals surface area contributed by atoms with E-state index in [2.05, 4.69) is 4.98 Å². The van der Waals surface area contributed by atoms with Gasteiger partial charge < -0.3 is 0 Å². The van der Waals surface area contributed by atoms with E-state index in [1.165, 1.54) is 6.07 Å². The van der Waals surface area contributed by atoms with Gasteiger partial charge in [0.25, 0.3) is 0 Å². The van der Waals surface area contributed by atoms with Crippen LogP contribution in [0.4, 0.5) is 4.39 Å². The number of aryl methyl sites for hydroxylation is 1. The monoisotopic (exact) mass is 170 g/mol. The molecule has 11 heavy (non-hydrogen) atoms. The minimum atomic E-state index is -0.750. The van der Waals surface area contributed by atoms with E-state index < -0.39 is 5.82 Å². The number of aromatic nitrogens is 1. The first-order valence-electron chi connectivity index (χ1n) is 2.88. The molecule has 2 nitrogen and oxygen atoms in total. The summed E-state index contributed by atoms with van der Waals surface area (Å²) in [5.41, 5.74) is 0.468. The maximum atomic E-state index is 12.8. The summed E-state index contributed by atoms with van der Waals surface area (Å²) in [6.07, 6.45) is 0. The Morgan fingerprint density at radius 1 is 1.73 bits per heavy atom. The van der Waals surface area contributed by atoms with Gasteiger partial charge in [-0.1, -0.05) is 11.6 Å². The maximum Gasteiger partial charge on any atom is 0.178 e. The second kappa shape index (κ2) is 2.85. The van der Waals surface area contributed by atoms with E-state index in [-0.39, 0.29) is 10.7 Å². The van der Waals surface area contributed by atoms with E-state index in [0.29, 0.717) is 5.69 Å². The highest BCUT2D eigenvalue weighted by atomic mass is 35.5. The zero-order chi connectivity index (χ0) is 8.43. The van der Waals surface area contributed by atoms with E-state index in [9.17, 15) is 4.39 Å². The summed E-state index contributed by atoms with van der Waals surface area (Å²) in [6.45, 7) is 1.64. The summed E-state index contributed by atoms with van der Waals surface area (Å²) in [6, 6.07) is 3.03. The summed E-state index contributed by atoms with van der Waals surface area (Å²) in [5.74, 6) is -0.750. The van der Waals surface area contributed by atoms with Crippen molar-refractivity contribution in [1.82, 2.24) is 4.98 Å². The van der Waals surface area contributed by atoms with Gasteiger partial charge in [0.15, 0.2) is 11.0 Å². The number of hydrogen-bond donors (Lipinski definition) is 0. The van der Waals surface area contributed by atoms with Gasteiger partial charge in [-0.2, -0.15) is 5.26 Å². The summed E-state index contributed by atoms with van der Waals surface area (Å²) in [4.78, 5) is 3.62. The number of nitrogens with zero attached hydrogens (tertiary/aromatic N) is 2. The molecule has 0 aliphatic heterocycles. The predicted molar refractivity (Wildman–Crippen MR) is 38.7 cm³/mol. The van der Waals surface area contributed by atoms with Crippen molar-refractivity contribution in [3.8, 4) is 6.07 Å². The van der Waals surface area contributed by atoms with Gasteiger partial charge in [-0.05, 0) is 13.0 Å². The molecule has 0 atom stereocenters. The van der Waals surface area contributed by atoms with E-state index in [4.69, 9.17) is 16.9 Å². The molecule has 1 rings (SSSR count). The van der Waals surface area contributed by atoms with Crippen molar-refractivity contribution in [3.05, 3.63) is 28.3 Å². The smallest absolute Gasteiger partial charge is 0.178 e. The lowest BCUT2D eigenvalue weighted by Crippen LogP contribution is -1.91. The van der Waals surface area contributed by atoms with E-state index >= 15 is 0 Å². The number of pyridine rings is 1. The Bertz CT molecular complexity index is 330. The zero-order valence-corrected chi connectivity index (χ0v) is 6.48. The molecule has 56 valence electrons. The average molecular weight is 171 g/mol. The Balaban J connectivity index is 3.39. The lowest BCUT2D eigenvalue weighted by Gasteiger charge is -1.96. The summed E-state index contributed by atoms with van der Waals surface area (Å²) < 4.78 is 12.8. The molecule has 0 saturated heterocycles. The molecule has 0 amide bonds. The molecule has 0 aliphatic carbocycles. The van der Waals surface area contributed by atoms with Crippen molar-refractivity contribution in [2.24, 2.45) is 0 Å². The summed E-state index contributed by atoms with van der Waals surface area (Å²) >= 11 is 5.36. The van der Waals surface area contributed by atoms with Crippen LogP contribution in [0, 0.1) is 24.1 Å².